The minimum Gasteiger partial charge on any atom is -0.493 e. The number of aromatic amines is 1. The molecule has 0 atom stereocenters. The van der Waals surface area contributed by atoms with E-state index in [9.17, 15) is 4.39 Å². The standard InChI is InChI=1S/C17H16FN3O/c1-22-16-11(10-3-2-4-10)5-6-12(15(16)18)14-9-20-17-13(21-14)7-8-19-17/h5-10H,2-4H2,1H3,(H,19,20). The van der Waals surface area contributed by atoms with Crippen LogP contribution < -0.4 is 4.74 Å². The molecule has 0 spiro atoms. The van der Waals surface area contributed by atoms with Crippen molar-refractivity contribution < 1.29 is 9.13 Å². The summed E-state index contributed by atoms with van der Waals surface area (Å²) in [7, 11) is 1.52. The summed E-state index contributed by atoms with van der Waals surface area (Å²) in [5.41, 5.74) is 3.32. The van der Waals surface area contributed by atoms with Crippen molar-refractivity contribution >= 4 is 11.2 Å². The second-order valence-corrected chi connectivity index (χ2v) is 5.64. The molecule has 4 nitrogen and oxygen atoms in total. The summed E-state index contributed by atoms with van der Waals surface area (Å²) in [4.78, 5) is 11.7. The molecule has 4 rings (SSSR count). The Labute approximate surface area is 127 Å². The van der Waals surface area contributed by atoms with Crippen LogP contribution in [0.2, 0.25) is 0 Å². The van der Waals surface area contributed by atoms with Crippen molar-refractivity contribution in [2.75, 3.05) is 7.11 Å². The van der Waals surface area contributed by atoms with Crippen molar-refractivity contribution in [3.63, 3.8) is 0 Å². The Morgan fingerprint density at radius 3 is 2.86 bits per heavy atom. The van der Waals surface area contributed by atoms with Crippen LogP contribution >= 0.6 is 0 Å². The maximum absolute atomic E-state index is 14.9. The first-order valence-electron chi connectivity index (χ1n) is 7.45. The predicted molar refractivity (Wildman–Crippen MR) is 82.4 cm³/mol. The maximum Gasteiger partial charge on any atom is 0.174 e. The van der Waals surface area contributed by atoms with Gasteiger partial charge in [0.2, 0.25) is 0 Å². The average Bonchev–Trinajstić information content (AvgIpc) is 2.93. The van der Waals surface area contributed by atoms with E-state index in [4.69, 9.17) is 4.74 Å². The summed E-state index contributed by atoms with van der Waals surface area (Å²) in [5, 5.41) is 0. The van der Waals surface area contributed by atoms with Crippen LogP contribution in [0.1, 0.15) is 30.7 Å². The van der Waals surface area contributed by atoms with Gasteiger partial charge in [-0.25, -0.2) is 14.4 Å². The van der Waals surface area contributed by atoms with Crippen molar-refractivity contribution in [2.24, 2.45) is 0 Å². The number of benzene rings is 1. The lowest BCUT2D eigenvalue weighted by Gasteiger charge is -2.27. The summed E-state index contributed by atoms with van der Waals surface area (Å²) in [6, 6.07) is 5.57. The Morgan fingerprint density at radius 2 is 2.14 bits per heavy atom. The number of nitrogens with one attached hydrogen (secondary N) is 1. The van der Waals surface area contributed by atoms with E-state index in [-0.39, 0.29) is 5.82 Å². The van der Waals surface area contributed by atoms with Gasteiger partial charge in [0, 0.05) is 17.3 Å². The third-order valence-electron chi connectivity index (χ3n) is 4.41. The van der Waals surface area contributed by atoms with Gasteiger partial charge in [0.05, 0.1) is 19.0 Å². The molecule has 22 heavy (non-hydrogen) atoms. The highest BCUT2D eigenvalue weighted by molar-refractivity contribution is 5.74. The van der Waals surface area contributed by atoms with E-state index in [1.54, 1.807) is 18.5 Å². The molecule has 2 aromatic heterocycles. The highest BCUT2D eigenvalue weighted by atomic mass is 19.1. The zero-order valence-electron chi connectivity index (χ0n) is 12.3. The average molecular weight is 297 g/mol. The minimum atomic E-state index is -0.351. The van der Waals surface area contributed by atoms with Gasteiger partial charge in [0.15, 0.2) is 17.2 Å². The molecule has 0 amide bonds. The van der Waals surface area contributed by atoms with Gasteiger partial charge >= 0.3 is 0 Å². The van der Waals surface area contributed by atoms with Crippen LogP contribution in [0.15, 0.2) is 30.6 Å². The third-order valence-corrected chi connectivity index (χ3v) is 4.41. The van der Waals surface area contributed by atoms with Gasteiger partial charge in [-0.05, 0) is 30.9 Å². The molecule has 1 fully saturated rings. The van der Waals surface area contributed by atoms with Gasteiger partial charge < -0.3 is 9.72 Å². The molecule has 0 aliphatic heterocycles. The van der Waals surface area contributed by atoms with Crippen LogP contribution in [0.4, 0.5) is 4.39 Å². The lowest BCUT2D eigenvalue weighted by atomic mass is 9.79. The lowest BCUT2D eigenvalue weighted by molar-refractivity contribution is 0.355. The number of hydrogen-bond acceptors (Lipinski definition) is 3. The van der Waals surface area contributed by atoms with Gasteiger partial charge in [-0.3, -0.25) is 0 Å². The smallest absolute Gasteiger partial charge is 0.174 e. The van der Waals surface area contributed by atoms with Crippen molar-refractivity contribution in [3.8, 4) is 17.0 Å². The number of hydrogen-bond donors (Lipinski definition) is 1. The molecule has 0 radical (unpaired) electrons. The summed E-state index contributed by atoms with van der Waals surface area (Å²) in [6.07, 6.45) is 6.76. The van der Waals surface area contributed by atoms with Crippen LogP contribution in [0, 0.1) is 5.82 Å². The molecule has 0 bridgehead atoms. The fraction of sp³-hybridized carbons (Fsp3) is 0.294. The Kier molecular flexibility index (Phi) is 3.06. The molecule has 112 valence electrons. The number of rotatable bonds is 3. The molecule has 1 saturated carbocycles. The van der Waals surface area contributed by atoms with E-state index in [1.165, 1.54) is 13.5 Å². The predicted octanol–water partition coefficient (Wildman–Crippen LogP) is 4.04. The van der Waals surface area contributed by atoms with E-state index in [1.807, 2.05) is 12.1 Å². The van der Waals surface area contributed by atoms with Crippen LogP contribution in [-0.2, 0) is 0 Å². The van der Waals surface area contributed by atoms with E-state index in [0.717, 1.165) is 23.9 Å². The van der Waals surface area contributed by atoms with Gasteiger partial charge in [-0.1, -0.05) is 12.5 Å². The molecular formula is C17H16FN3O. The maximum atomic E-state index is 14.9. The minimum absolute atomic E-state index is 0.346. The molecule has 0 saturated heterocycles. The number of ether oxygens (including phenoxy) is 1. The normalized spacial score (nSPS) is 15.0. The zero-order valence-corrected chi connectivity index (χ0v) is 12.3. The molecule has 1 N–H and O–H groups in total. The first kappa shape index (κ1) is 13.2. The fourth-order valence-corrected chi connectivity index (χ4v) is 2.98. The van der Waals surface area contributed by atoms with Gasteiger partial charge in [0.1, 0.15) is 5.52 Å². The number of methoxy groups -OCH3 is 1. The summed E-state index contributed by atoms with van der Waals surface area (Å²) < 4.78 is 20.2. The number of fused-ring (bicyclic) bond motifs is 1. The largest absolute Gasteiger partial charge is 0.493 e. The van der Waals surface area contributed by atoms with Crippen LogP contribution in [0.5, 0.6) is 5.75 Å². The Morgan fingerprint density at radius 1 is 1.27 bits per heavy atom. The molecule has 1 aliphatic rings. The van der Waals surface area contributed by atoms with E-state index in [2.05, 4.69) is 15.0 Å². The molecule has 5 heteroatoms. The first-order chi connectivity index (χ1) is 10.8. The molecule has 1 aliphatic carbocycles. The van der Waals surface area contributed by atoms with Crippen molar-refractivity contribution in [3.05, 3.63) is 42.0 Å². The quantitative estimate of drug-likeness (QED) is 0.793. The topological polar surface area (TPSA) is 50.8 Å². The number of halogens is 1. The number of aromatic nitrogens is 3. The second kappa shape index (κ2) is 5.09. The Hall–Kier alpha value is -2.43. The SMILES string of the molecule is COc1c(C2CCC2)ccc(-c2cnc3[nH]ccc3n2)c1F. The highest BCUT2D eigenvalue weighted by Crippen LogP contribution is 2.43. The Balaban J connectivity index is 1.83. The number of H-pyrrole nitrogens is 1. The van der Waals surface area contributed by atoms with Crippen LogP contribution in [0.25, 0.3) is 22.4 Å². The second-order valence-electron chi connectivity index (χ2n) is 5.64. The third kappa shape index (κ3) is 1.96. The monoisotopic (exact) mass is 297 g/mol. The van der Waals surface area contributed by atoms with Crippen LogP contribution in [0.3, 0.4) is 0 Å². The van der Waals surface area contributed by atoms with Crippen molar-refractivity contribution in [1.82, 2.24) is 15.0 Å². The molecule has 0 unspecified atom stereocenters. The fourth-order valence-electron chi connectivity index (χ4n) is 2.98. The van der Waals surface area contributed by atoms with Crippen LogP contribution in [-0.4, -0.2) is 22.1 Å². The zero-order chi connectivity index (χ0) is 15.1. The first-order valence-corrected chi connectivity index (χ1v) is 7.45. The van der Waals surface area contributed by atoms with E-state index in [0.29, 0.717) is 28.6 Å². The highest BCUT2D eigenvalue weighted by Gasteiger charge is 2.26. The van der Waals surface area contributed by atoms with Crippen molar-refractivity contribution in [1.29, 1.82) is 0 Å². The Bertz CT molecular complexity index is 839. The molecular weight excluding hydrogens is 281 g/mol. The molecule has 2 heterocycles. The van der Waals surface area contributed by atoms with Gasteiger partial charge in [-0.2, -0.15) is 0 Å². The molecule has 1 aromatic carbocycles. The summed E-state index contributed by atoms with van der Waals surface area (Å²) in [6.45, 7) is 0. The summed E-state index contributed by atoms with van der Waals surface area (Å²) in [5.74, 6) is 0.408. The number of nitrogens with zero attached hydrogens (tertiary/aromatic N) is 2. The van der Waals surface area contributed by atoms with Gasteiger partial charge in [-0.15, -0.1) is 0 Å². The molecule has 3 aromatic rings. The van der Waals surface area contributed by atoms with Gasteiger partial charge in [0.25, 0.3) is 0 Å². The van der Waals surface area contributed by atoms with E-state index < -0.39 is 0 Å². The van der Waals surface area contributed by atoms with Crippen molar-refractivity contribution in [2.45, 2.75) is 25.2 Å². The lowest BCUT2D eigenvalue weighted by Crippen LogP contribution is -2.11. The summed E-state index contributed by atoms with van der Waals surface area (Å²) >= 11 is 0. The van der Waals surface area contributed by atoms with E-state index >= 15 is 0 Å².